The Kier molecular flexibility index (Phi) is 6.57. The molecule has 0 aromatic heterocycles. The molecular formula is C18H17NO5S. The van der Waals surface area contributed by atoms with Gasteiger partial charge in [0.05, 0.1) is 18.6 Å². The third-order valence-corrected chi connectivity index (χ3v) is 4.47. The van der Waals surface area contributed by atoms with Crippen molar-refractivity contribution >= 4 is 16.0 Å². The molecule has 7 heteroatoms. The van der Waals surface area contributed by atoms with Gasteiger partial charge in [0, 0.05) is 5.56 Å². The predicted molar refractivity (Wildman–Crippen MR) is 92.5 cm³/mol. The highest BCUT2D eigenvalue weighted by atomic mass is 32.2. The Labute approximate surface area is 146 Å². The smallest absolute Gasteiger partial charge is 0.343 e. The Morgan fingerprint density at radius 1 is 1.12 bits per heavy atom. The number of benzene rings is 2. The molecular weight excluding hydrogens is 342 g/mol. The molecule has 0 spiro atoms. The molecule has 0 amide bonds. The number of rotatable bonds is 6. The molecule has 130 valence electrons. The van der Waals surface area contributed by atoms with Crippen LogP contribution in [-0.2, 0) is 19.6 Å². The molecule has 0 saturated heterocycles. The zero-order chi connectivity index (χ0) is 18.1. The second kappa shape index (κ2) is 8.87. The van der Waals surface area contributed by atoms with Gasteiger partial charge in [-0.25, -0.2) is 13.2 Å². The van der Waals surface area contributed by atoms with Crippen LogP contribution in [0.25, 0.3) is 0 Å². The van der Waals surface area contributed by atoms with Crippen LogP contribution < -0.4 is 9.46 Å². The first-order valence-corrected chi connectivity index (χ1v) is 8.83. The zero-order valence-corrected chi connectivity index (χ0v) is 14.4. The lowest BCUT2D eigenvalue weighted by Crippen LogP contribution is -2.23. The number of carbonyl (C=O) groups is 1. The van der Waals surface area contributed by atoms with Crippen molar-refractivity contribution in [3.05, 3.63) is 60.2 Å². The summed E-state index contributed by atoms with van der Waals surface area (Å²) < 4.78 is 36.2. The Balaban J connectivity index is 1.94. The van der Waals surface area contributed by atoms with E-state index in [2.05, 4.69) is 21.3 Å². The third-order valence-electron chi connectivity index (χ3n) is 3.06. The Bertz CT molecular complexity index is 882. The van der Waals surface area contributed by atoms with Crippen molar-refractivity contribution in [2.75, 3.05) is 20.3 Å². The molecule has 0 aliphatic heterocycles. The van der Waals surface area contributed by atoms with Crippen LogP contribution in [0, 0.1) is 11.8 Å². The summed E-state index contributed by atoms with van der Waals surface area (Å²) in [5.41, 5.74) is 0.640. The zero-order valence-electron chi connectivity index (χ0n) is 13.6. The van der Waals surface area contributed by atoms with Gasteiger partial charge in [-0.05, 0) is 30.3 Å². The molecule has 2 aromatic rings. The fraction of sp³-hybridized carbons (Fsp3) is 0.167. The number of hydrogen-bond acceptors (Lipinski definition) is 5. The summed E-state index contributed by atoms with van der Waals surface area (Å²) in [6.45, 7) is -0.214. The Morgan fingerprint density at radius 3 is 2.60 bits per heavy atom. The molecule has 6 nitrogen and oxygen atoms in total. The molecule has 1 N–H and O–H groups in total. The van der Waals surface area contributed by atoms with Crippen molar-refractivity contribution in [2.24, 2.45) is 0 Å². The van der Waals surface area contributed by atoms with Crippen LogP contribution in [0.4, 0.5) is 0 Å². The van der Waals surface area contributed by atoms with Crippen LogP contribution >= 0.6 is 0 Å². The summed E-state index contributed by atoms with van der Waals surface area (Å²) in [4.78, 5) is 11.2. The topological polar surface area (TPSA) is 81.7 Å². The van der Waals surface area contributed by atoms with E-state index < -0.39 is 16.0 Å². The molecule has 25 heavy (non-hydrogen) atoms. The van der Waals surface area contributed by atoms with Gasteiger partial charge in [0.1, 0.15) is 5.75 Å². The lowest BCUT2D eigenvalue weighted by Gasteiger charge is -2.04. The number of hydrogen-bond donors (Lipinski definition) is 1. The number of esters is 1. The summed E-state index contributed by atoms with van der Waals surface area (Å²) in [6, 6.07) is 14.9. The van der Waals surface area contributed by atoms with E-state index in [1.165, 1.54) is 19.2 Å². The van der Waals surface area contributed by atoms with Crippen LogP contribution in [0.15, 0.2) is 59.5 Å². The first-order valence-electron chi connectivity index (χ1n) is 7.34. The third kappa shape index (κ3) is 5.95. The van der Waals surface area contributed by atoms with Gasteiger partial charge in [0.25, 0.3) is 0 Å². The number of ether oxygens (including phenoxy) is 2. The van der Waals surface area contributed by atoms with E-state index >= 15 is 0 Å². The van der Waals surface area contributed by atoms with Crippen molar-refractivity contribution in [3.63, 3.8) is 0 Å². The normalized spacial score (nSPS) is 10.4. The van der Waals surface area contributed by atoms with Crippen molar-refractivity contribution in [1.82, 2.24) is 4.72 Å². The molecule has 2 aromatic carbocycles. The van der Waals surface area contributed by atoms with Crippen LogP contribution in [0.3, 0.4) is 0 Å². The highest BCUT2D eigenvalue weighted by molar-refractivity contribution is 7.89. The number of sulfonamides is 1. The van der Waals surface area contributed by atoms with Crippen LogP contribution in [-0.4, -0.2) is 34.6 Å². The minimum absolute atomic E-state index is 0.0233. The summed E-state index contributed by atoms with van der Waals surface area (Å²) >= 11 is 0. The van der Waals surface area contributed by atoms with Gasteiger partial charge in [-0.2, -0.15) is 4.72 Å². The average Bonchev–Trinajstić information content (AvgIpc) is 2.64. The molecule has 0 aliphatic rings. The second-order valence-electron chi connectivity index (χ2n) is 4.83. The number of carbonyl (C=O) groups excluding carboxylic acids is 1. The lowest BCUT2D eigenvalue weighted by atomic mass is 10.2. The van der Waals surface area contributed by atoms with Crippen LogP contribution in [0.5, 0.6) is 5.75 Å². The first kappa shape index (κ1) is 18.5. The first-order chi connectivity index (χ1) is 12.0. The van der Waals surface area contributed by atoms with Gasteiger partial charge in [-0.1, -0.05) is 36.1 Å². The second-order valence-corrected chi connectivity index (χ2v) is 6.60. The van der Waals surface area contributed by atoms with Crippen molar-refractivity contribution in [3.8, 4) is 17.6 Å². The summed E-state index contributed by atoms with van der Waals surface area (Å²) in [7, 11) is -2.29. The van der Waals surface area contributed by atoms with Gasteiger partial charge >= 0.3 is 5.97 Å². The maximum atomic E-state index is 12.0. The fourth-order valence-electron chi connectivity index (χ4n) is 1.83. The van der Waals surface area contributed by atoms with Crippen LogP contribution in [0.2, 0.25) is 0 Å². The van der Waals surface area contributed by atoms with Crippen molar-refractivity contribution in [1.29, 1.82) is 0 Å². The minimum atomic E-state index is -3.57. The van der Waals surface area contributed by atoms with Gasteiger partial charge in [0.2, 0.25) is 10.0 Å². The highest BCUT2D eigenvalue weighted by Gasteiger charge is 2.11. The van der Waals surface area contributed by atoms with E-state index in [-0.39, 0.29) is 18.0 Å². The number of methoxy groups -OCH3 is 1. The summed E-state index contributed by atoms with van der Waals surface area (Å²) in [5, 5.41) is 0. The number of nitrogens with one attached hydrogen (secondary N) is 1. The maximum Gasteiger partial charge on any atom is 0.343 e. The molecule has 0 aliphatic carbocycles. The Hall–Kier alpha value is -2.82. The highest BCUT2D eigenvalue weighted by Crippen LogP contribution is 2.12. The molecule has 0 bridgehead atoms. The molecule has 0 saturated carbocycles. The minimum Gasteiger partial charge on any atom is -0.482 e. The van der Waals surface area contributed by atoms with E-state index in [4.69, 9.17) is 4.74 Å². The largest absolute Gasteiger partial charge is 0.482 e. The van der Waals surface area contributed by atoms with Gasteiger partial charge in [-0.3, -0.25) is 0 Å². The molecule has 0 heterocycles. The molecule has 0 fully saturated rings. The monoisotopic (exact) mass is 359 g/mol. The van der Waals surface area contributed by atoms with Gasteiger partial charge in [-0.15, -0.1) is 0 Å². The molecule has 0 radical (unpaired) electrons. The average molecular weight is 359 g/mol. The molecule has 0 atom stereocenters. The summed E-state index contributed by atoms with van der Waals surface area (Å²) in [5.74, 6) is 5.58. The maximum absolute atomic E-state index is 12.0. The van der Waals surface area contributed by atoms with Gasteiger partial charge < -0.3 is 9.47 Å². The van der Waals surface area contributed by atoms with Crippen LogP contribution in [0.1, 0.15) is 5.56 Å². The Morgan fingerprint density at radius 2 is 1.88 bits per heavy atom. The van der Waals surface area contributed by atoms with Crippen molar-refractivity contribution in [2.45, 2.75) is 4.90 Å². The van der Waals surface area contributed by atoms with Gasteiger partial charge in [0.15, 0.2) is 6.61 Å². The van der Waals surface area contributed by atoms with E-state index in [9.17, 15) is 13.2 Å². The SMILES string of the molecule is COC(=O)COc1cccc(C#CCNS(=O)(=O)c2ccccc2)c1. The fourth-order valence-corrected chi connectivity index (χ4v) is 2.77. The van der Waals surface area contributed by atoms with E-state index in [1.54, 1.807) is 42.5 Å². The standard InChI is InChI=1S/C18H17NO5S/c1-23-18(20)14-24-16-9-5-7-15(13-16)8-6-12-19-25(21,22)17-10-3-2-4-11-17/h2-5,7,9-11,13,19H,12,14H2,1H3. The van der Waals surface area contributed by atoms with E-state index in [0.717, 1.165) is 0 Å². The van der Waals surface area contributed by atoms with E-state index in [1.807, 2.05) is 0 Å². The molecule has 0 unspecified atom stereocenters. The van der Waals surface area contributed by atoms with E-state index in [0.29, 0.717) is 11.3 Å². The summed E-state index contributed by atoms with van der Waals surface area (Å²) in [6.07, 6.45) is 0. The van der Waals surface area contributed by atoms with Crippen molar-refractivity contribution < 1.29 is 22.7 Å². The molecule has 2 rings (SSSR count). The quantitative estimate of drug-likeness (QED) is 0.625. The predicted octanol–water partition coefficient (Wildman–Crippen LogP) is 1.57. The lowest BCUT2D eigenvalue weighted by molar-refractivity contribution is -0.142.